The number of carbonyl (C=O) groups is 4. The van der Waals surface area contributed by atoms with E-state index in [9.17, 15) is 19.2 Å². The number of piperidine rings is 2. The number of likely N-dealkylation sites (tertiary alicyclic amines) is 1. The molecule has 206 valence electrons. The minimum absolute atomic E-state index is 0.0835. The van der Waals surface area contributed by atoms with Gasteiger partial charge in [0.1, 0.15) is 17.8 Å². The molecular formula is C30H37N5O4. The number of rotatable bonds is 4. The van der Waals surface area contributed by atoms with E-state index in [1.54, 1.807) is 25.3 Å². The van der Waals surface area contributed by atoms with Crippen LogP contribution in [0.3, 0.4) is 0 Å². The highest BCUT2D eigenvalue weighted by molar-refractivity contribution is 5.93. The summed E-state index contributed by atoms with van der Waals surface area (Å²) in [5, 5.41) is 5.79. The Balaban J connectivity index is 1.29. The molecule has 1 aromatic carbocycles. The zero-order chi connectivity index (χ0) is 27.4. The Morgan fingerprint density at radius 2 is 1.79 bits per heavy atom. The monoisotopic (exact) mass is 531 g/mol. The van der Waals surface area contributed by atoms with Gasteiger partial charge in [0.2, 0.25) is 17.7 Å². The molecule has 3 aliphatic rings. The van der Waals surface area contributed by atoms with E-state index < -0.39 is 12.1 Å². The van der Waals surface area contributed by atoms with Crippen LogP contribution in [0.2, 0.25) is 0 Å². The lowest BCUT2D eigenvalue weighted by atomic mass is 9.77. The van der Waals surface area contributed by atoms with Gasteiger partial charge < -0.3 is 20.4 Å². The summed E-state index contributed by atoms with van der Waals surface area (Å²) in [6.45, 7) is 3.39. The van der Waals surface area contributed by atoms with Gasteiger partial charge in [-0.25, -0.2) is 0 Å². The molecule has 2 N–H and O–H groups in total. The number of nitrogens with one attached hydrogen (secondary N) is 2. The molecule has 9 nitrogen and oxygen atoms in total. The molecule has 2 aromatic rings. The third-order valence-corrected chi connectivity index (χ3v) is 8.27. The number of pyridine rings is 1. The van der Waals surface area contributed by atoms with Crippen LogP contribution in [-0.2, 0) is 20.8 Å². The van der Waals surface area contributed by atoms with E-state index in [1.165, 1.54) is 0 Å². The normalized spacial score (nSPS) is 27.9. The van der Waals surface area contributed by atoms with Gasteiger partial charge in [0, 0.05) is 38.3 Å². The van der Waals surface area contributed by atoms with Crippen LogP contribution in [0.4, 0.5) is 0 Å². The van der Waals surface area contributed by atoms with Crippen molar-refractivity contribution in [1.29, 1.82) is 0 Å². The van der Waals surface area contributed by atoms with Crippen molar-refractivity contribution in [3.05, 3.63) is 66.0 Å². The van der Waals surface area contributed by atoms with Gasteiger partial charge >= 0.3 is 0 Å². The number of benzene rings is 1. The number of carbonyl (C=O) groups excluding carboxylic acids is 4. The van der Waals surface area contributed by atoms with Crippen molar-refractivity contribution in [2.24, 2.45) is 11.8 Å². The molecule has 4 amide bonds. The summed E-state index contributed by atoms with van der Waals surface area (Å²) >= 11 is 0. The average molecular weight is 532 g/mol. The van der Waals surface area contributed by atoms with E-state index in [2.05, 4.69) is 15.6 Å². The second-order valence-electron chi connectivity index (χ2n) is 11.1. The number of aryl methyl sites for hydroxylation is 1. The number of aromatic nitrogens is 1. The van der Waals surface area contributed by atoms with Crippen LogP contribution in [0, 0.1) is 11.8 Å². The summed E-state index contributed by atoms with van der Waals surface area (Å²) < 4.78 is 0. The standard InChI is InChI=1S/C30H37N5O4/c1-20-29(38)35-18-22-16-23(19-34(17-22)30(39)25-10-5-6-15-31-25)26(35)11-7-12-27(36)33-24(28(37)32-20)14-13-21-8-3-2-4-9-21/h2-6,8-10,15,20,22-24,26H,7,11-14,16-19H2,1H3,(H,32,37)(H,33,36)/t20-,22+,23-,24+,26+/m1/s1. The van der Waals surface area contributed by atoms with Crippen molar-refractivity contribution in [1.82, 2.24) is 25.4 Å². The molecule has 39 heavy (non-hydrogen) atoms. The number of amides is 4. The van der Waals surface area contributed by atoms with Gasteiger partial charge in [-0.2, -0.15) is 0 Å². The van der Waals surface area contributed by atoms with Crippen molar-refractivity contribution < 1.29 is 19.2 Å². The highest BCUT2D eigenvalue weighted by Gasteiger charge is 2.45. The number of nitrogens with zero attached hydrogens (tertiary/aromatic N) is 3. The van der Waals surface area contributed by atoms with E-state index in [1.807, 2.05) is 46.2 Å². The quantitative estimate of drug-likeness (QED) is 0.628. The van der Waals surface area contributed by atoms with E-state index in [-0.39, 0.29) is 47.9 Å². The van der Waals surface area contributed by atoms with Crippen LogP contribution >= 0.6 is 0 Å². The van der Waals surface area contributed by atoms with E-state index >= 15 is 0 Å². The predicted molar refractivity (Wildman–Crippen MR) is 145 cm³/mol. The number of hydrogen-bond acceptors (Lipinski definition) is 5. The summed E-state index contributed by atoms with van der Waals surface area (Å²) in [6.07, 6.45) is 5.24. The van der Waals surface area contributed by atoms with Crippen molar-refractivity contribution >= 4 is 23.6 Å². The summed E-state index contributed by atoms with van der Waals surface area (Å²) in [5.41, 5.74) is 1.52. The maximum atomic E-state index is 13.7. The second-order valence-corrected chi connectivity index (χ2v) is 11.1. The van der Waals surface area contributed by atoms with Gasteiger partial charge in [-0.1, -0.05) is 36.4 Å². The Morgan fingerprint density at radius 3 is 2.56 bits per heavy atom. The minimum atomic E-state index is -0.708. The first-order valence-electron chi connectivity index (χ1n) is 14.0. The van der Waals surface area contributed by atoms with E-state index in [0.29, 0.717) is 51.0 Å². The van der Waals surface area contributed by atoms with Crippen molar-refractivity contribution in [3.63, 3.8) is 0 Å². The van der Waals surface area contributed by atoms with Crippen LogP contribution in [0.25, 0.3) is 0 Å². The second kappa shape index (κ2) is 12.0. The predicted octanol–water partition coefficient (Wildman–Crippen LogP) is 2.18. The molecule has 3 aliphatic heterocycles. The smallest absolute Gasteiger partial charge is 0.272 e. The van der Waals surface area contributed by atoms with E-state index in [0.717, 1.165) is 12.0 Å². The summed E-state index contributed by atoms with van der Waals surface area (Å²) in [7, 11) is 0. The van der Waals surface area contributed by atoms with Crippen LogP contribution in [-0.4, -0.2) is 76.2 Å². The highest BCUT2D eigenvalue weighted by Crippen LogP contribution is 2.36. The molecule has 3 fully saturated rings. The summed E-state index contributed by atoms with van der Waals surface area (Å²) in [6, 6.07) is 13.7. The molecule has 4 heterocycles. The molecule has 0 unspecified atom stereocenters. The Morgan fingerprint density at radius 1 is 1.00 bits per heavy atom. The van der Waals surface area contributed by atoms with Crippen LogP contribution < -0.4 is 10.6 Å². The van der Waals surface area contributed by atoms with Gasteiger partial charge in [0.15, 0.2) is 0 Å². The van der Waals surface area contributed by atoms with Crippen LogP contribution in [0.5, 0.6) is 0 Å². The first-order chi connectivity index (χ1) is 18.9. The summed E-state index contributed by atoms with van der Waals surface area (Å²) in [5.74, 6) is -0.391. The molecule has 1 aromatic heterocycles. The SMILES string of the molecule is C[C@H]1NC(=O)[C@H](CCc2ccccc2)NC(=O)CCC[C@H]2[C@@H]3C[C@@H](CN(C(=O)c4ccccn4)C3)CN2C1=O. The van der Waals surface area contributed by atoms with Gasteiger partial charge in [-0.15, -0.1) is 0 Å². The zero-order valence-corrected chi connectivity index (χ0v) is 22.4. The lowest BCUT2D eigenvalue weighted by Crippen LogP contribution is -2.63. The maximum Gasteiger partial charge on any atom is 0.272 e. The van der Waals surface area contributed by atoms with Crippen molar-refractivity contribution in [3.8, 4) is 0 Å². The maximum absolute atomic E-state index is 13.7. The third kappa shape index (κ3) is 6.29. The fourth-order valence-corrected chi connectivity index (χ4v) is 6.37. The highest BCUT2D eigenvalue weighted by atomic mass is 16.2. The Bertz CT molecular complexity index is 1190. The van der Waals surface area contributed by atoms with Crippen LogP contribution in [0.1, 0.15) is 55.1 Å². The molecule has 5 rings (SSSR count). The van der Waals surface area contributed by atoms with Crippen LogP contribution in [0.15, 0.2) is 54.7 Å². The molecule has 9 heteroatoms. The third-order valence-electron chi connectivity index (χ3n) is 8.27. The van der Waals surface area contributed by atoms with Crippen molar-refractivity contribution in [2.45, 2.75) is 63.6 Å². The molecule has 0 spiro atoms. The van der Waals surface area contributed by atoms with Gasteiger partial charge in [-0.3, -0.25) is 24.2 Å². The average Bonchev–Trinajstić information content (AvgIpc) is 2.95. The molecular weight excluding hydrogens is 494 g/mol. The topological polar surface area (TPSA) is 112 Å². The largest absolute Gasteiger partial charge is 0.344 e. The number of hydrogen-bond donors (Lipinski definition) is 2. The van der Waals surface area contributed by atoms with Gasteiger partial charge in [-0.05, 0) is 68.6 Å². The molecule has 0 aliphatic carbocycles. The van der Waals surface area contributed by atoms with E-state index in [4.69, 9.17) is 0 Å². The van der Waals surface area contributed by atoms with Crippen molar-refractivity contribution in [2.75, 3.05) is 19.6 Å². The summed E-state index contributed by atoms with van der Waals surface area (Å²) in [4.78, 5) is 60.9. The molecule has 5 atom stereocenters. The first kappa shape index (κ1) is 26.8. The minimum Gasteiger partial charge on any atom is -0.344 e. The van der Waals surface area contributed by atoms with Gasteiger partial charge in [0.05, 0.1) is 0 Å². The lowest BCUT2D eigenvalue weighted by molar-refractivity contribution is -0.145. The zero-order valence-electron chi connectivity index (χ0n) is 22.4. The fraction of sp³-hybridized carbons (Fsp3) is 0.500. The molecule has 0 saturated carbocycles. The Hall–Kier alpha value is -3.75. The Kier molecular flexibility index (Phi) is 8.24. The fourth-order valence-electron chi connectivity index (χ4n) is 6.37. The molecule has 2 bridgehead atoms. The lowest BCUT2D eigenvalue weighted by Gasteiger charge is -2.51. The molecule has 3 saturated heterocycles. The van der Waals surface area contributed by atoms with Gasteiger partial charge in [0.25, 0.3) is 5.91 Å². The molecule has 0 radical (unpaired) electrons. The number of fused-ring (bicyclic) bond motifs is 4. The Labute approximate surface area is 229 Å². The first-order valence-corrected chi connectivity index (χ1v) is 14.0.